The molecule has 1 atom stereocenters. The van der Waals surface area contributed by atoms with Crippen molar-refractivity contribution in [3.63, 3.8) is 0 Å². The third-order valence-corrected chi connectivity index (χ3v) is 2.75. The largest absolute Gasteiger partial charge is 1.00 e. The van der Waals surface area contributed by atoms with Gasteiger partial charge in [0.1, 0.15) is 0 Å². The second-order valence-corrected chi connectivity index (χ2v) is 4.00. The van der Waals surface area contributed by atoms with Crippen molar-refractivity contribution >= 4 is 0 Å². The Morgan fingerprint density at radius 1 is 1.50 bits per heavy atom. The minimum atomic E-state index is 0. The maximum absolute atomic E-state index is 5.64. The van der Waals surface area contributed by atoms with E-state index in [0.29, 0.717) is 0 Å². The number of rotatable bonds is 4. The van der Waals surface area contributed by atoms with Gasteiger partial charge < -0.3 is 24.8 Å². The first-order valence-corrected chi connectivity index (χ1v) is 5.26. The van der Waals surface area contributed by atoms with Crippen molar-refractivity contribution in [2.75, 3.05) is 6.61 Å². The summed E-state index contributed by atoms with van der Waals surface area (Å²) in [5, 5.41) is 0. The van der Waals surface area contributed by atoms with Crippen LogP contribution in [0.1, 0.15) is 26.7 Å². The van der Waals surface area contributed by atoms with E-state index in [-0.39, 0.29) is 30.9 Å². The van der Waals surface area contributed by atoms with Crippen LogP contribution in [0, 0.1) is 0 Å². The van der Waals surface area contributed by atoms with Crippen molar-refractivity contribution in [1.82, 2.24) is 0 Å². The average molecular weight is 270 g/mol. The molecule has 1 unspecified atom stereocenters. The van der Waals surface area contributed by atoms with Crippen LogP contribution in [0.4, 0.5) is 0 Å². The molecule has 0 aromatic rings. The molecule has 4 heteroatoms. The van der Waals surface area contributed by atoms with Gasteiger partial charge in [-0.15, -0.1) is 0 Å². The normalized spacial score (nSPS) is 16.3. The number of hydrogen-bond donors (Lipinski definition) is 0. The summed E-state index contributed by atoms with van der Waals surface area (Å²) in [6.45, 7) is 5.13. The molecule has 0 aliphatic heterocycles. The SMILES string of the molecule is CCCOC(C)C1=[C]([Ti+2])CC=C1.[Cl-].[Cl-]. The van der Waals surface area contributed by atoms with Crippen molar-refractivity contribution in [2.45, 2.75) is 32.8 Å². The summed E-state index contributed by atoms with van der Waals surface area (Å²) >= 11 is 2.18. The Morgan fingerprint density at radius 2 is 2.14 bits per heavy atom. The fourth-order valence-corrected chi connectivity index (χ4v) is 1.92. The minimum absolute atomic E-state index is 0. The molecule has 0 radical (unpaired) electrons. The summed E-state index contributed by atoms with van der Waals surface area (Å²) in [4.78, 5) is 0. The second-order valence-electron chi connectivity index (χ2n) is 3.05. The number of hydrogen-bond acceptors (Lipinski definition) is 1. The molecule has 1 rings (SSSR count). The van der Waals surface area contributed by atoms with Gasteiger partial charge in [-0.1, -0.05) is 0 Å². The number of allylic oxidation sites excluding steroid dienone is 2. The van der Waals surface area contributed by atoms with Crippen LogP contribution < -0.4 is 24.8 Å². The average Bonchev–Trinajstić information content (AvgIpc) is 2.47. The molecule has 0 saturated carbocycles. The molecular formula is C10H15Cl2OTi. The molecule has 0 amide bonds. The van der Waals surface area contributed by atoms with Gasteiger partial charge in [-0.3, -0.25) is 0 Å². The van der Waals surface area contributed by atoms with Crippen LogP contribution in [0.25, 0.3) is 0 Å². The van der Waals surface area contributed by atoms with Gasteiger partial charge >= 0.3 is 86.2 Å². The molecule has 0 spiro atoms. The topological polar surface area (TPSA) is 9.23 Å². The molecule has 0 fully saturated rings. The molecule has 0 heterocycles. The van der Waals surface area contributed by atoms with Crippen LogP contribution in [0.15, 0.2) is 21.6 Å². The summed E-state index contributed by atoms with van der Waals surface area (Å²) in [6, 6.07) is 0. The van der Waals surface area contributed by atoms with Crippen molar-refractivity contribution in [1.29, 1.82) is 0 Å². The first-order valence-electron chi connectivity index (χ1n) is 4.48. The third kappa shape index (κ3) is 5.00. The predicted octanol–water partition coefficient (Wildman–Crippen LogP) is -3.43. The summed E-state index contributed by atoms with van der Waals surface area (Å²) in [5.74, 6) is 0. The zero-order valence-corrected chi connectivity index (χ0v) is 11.6. The van der Waals surface area contributed by atoms with E-state index in [1.165, 1.54) is 9.45 Å². The Morgan fingerprint density at radius 3 is 2.57 bits per heavy atom. The van der Waals surface area contributed by atoms with Gasteiger partial charge in [-0.25, -0.2) is 0 Å². The zero-order chi connectivity index (χ0) is 8.97. The molecular weight excluding hydrogens is 255 g/mol. The predicted molar refractivity (Wildman–Crippen MR) is 46.5 cm³/mol. The summed E-state index contributed by atoms with van der Waals surface area (Å²) in [6.07, 6.45) is 6.88. The van der Waals surface area contributed by atoms with Crippen LogP contribution in [0.3, 0.4) is 0 Å². The number of ether oxygens (including phenoxy) is 1. The quantitative estimate of drug-likeness (QED) is 0.483. The Labute approximate surface area is 111 Å². The van der Waals surface area contributed by atoms with E-state index in [1.807, 2.05) is 0 Å². The van der Waals surface area contributed by atoms with Crippen LogP contribution in [0.2, 0.25) is 0 Å². The van der Waals surface area contributed by atoms with Crippen molar-refractivity contribution in [3.8, 4) is 0 Å². The van der Waals surface area contributed by atoms with Gasteiger partial charge in [-0.2, -0.15) is 0 Å². The second kappa shape index (κ2) is 9.00. The van der Waals surface area contributed by atoms with Gasteiger partial charge in [-0.05, 0) is 0 Å². The standard InChI is InChI=1S/C10H15O.2ClH.Ti/c1-3-8-11-9(2)10-6-4-5-7-10;;;/h4,6,9H,3,5,8H2,1-2H3;2*1H;/q;;;+2/p-2. The smallest absolute Gasteiger partial charge is 1.00 e. The molecule has 1 aliphatic carbocycles. The van der Waals surface area contributed by atoms with Gasteiger partial charge in [0.2, 0.25) is 0 Å². The van der Waals surface area contributed by atoms with Crippen LogP contribution >= 0.6 is 0 Å². The van der Waals surface area contributed by atoms with E-state index in [1.54, 1.807) is 0 Å². The zero-order valence-electron chi connectivity index (χ0n) is 8.52. The van der Waals surface area contributed by atoms with Gasteiger partial charge in [0, 0.05) is 0 Å². The Hall–Kier alpha value is 0.734. The number of halogens is 2. The van der Waals surface area contributed by atoms with Gasteiger partial charge in [0.15, 0.2) is 0 Å². The fourth-order valence-electron chi connectivity index (χ4n) is 1.29. The summed E-state index contributed by atoms with van der Waals surface area (Å²) in [7, 11) is 0. The van der Waals surface area contributed by atoms with Crippen molar-refractivity contribution in [2.24, 2.45) is 0 Å². The molecule has 79 valence electrons. The molecule has 0 aromatic carbocycles. The van der Waals surface area contributed by atoms with Crippen molar-refractivity contribution in [3.05, 3.63) is 21.6 Å². The molecule has 14 heavy (non-hydrogen) atoms. The third-order valence-electron chi connectivity index (χ3n) is 1.98. The fraction of sp³-hybridized carbons (Fsp3) is 0.600. The first-order chi connectivity index (χ1) is 5.75. The monoisotopic (exact) mass is 269 g/mol. The van der Waals surface area contributed by atoms with E-state index >= 15 is 0 Å². The van der Waals surface area contributed by atoms with Gasteiger partial charge in [0.05, 0.1) is 0 Å². The Kier molecular flexibility index (Phi) is 11.0. The summed E-state index contributed by atoms with van der Waals surface area (Å²) in [5.41, 5.74) is 1.38. The van der Waals surface area contributed by atoms with E-state index in [2.05, 4.69) is 46.4 Å². The van der Waals surface area contributed by atoms with E-state index in [4.69, 9.17) is 4.74 Å². The molecule has 1 nitrogen and oxygen atoms in total. The van der Waals surface area contributed by atoms with Crippen LogP contribution in [-0.2, 0) is 25.2 Å². The molecule has 0 saturated heterocycles. The molecule has 1 aliphatic rings. The van der Waals surface area contributed by atoms with E-state index < -0.39 is 0 Å². The van der Waals surface area contributed by atoms with Crippen LogP contribution in [-0.4, -0.2) is 12.7 Å². The minimum Gasteiger partial charge on any atom is -1.00 e. The van der Waals surface area contributed by atoms with Crippen molar-refractivity contribution < 1.29 is 50.0 Å². The van der Waals surface area contributed by atoms with Crippen LogP contribution in [0.5, 0.6) is 0 Å². The molecule has 0 bridgehead atoms. The first kappa shape index (κ1) is 17.1. The summed E-state index contributed by atoms with van der Waals surface area (Å²) < 4.78 is 7.09. The Bertz CT molecular complexity index is 214. The van der Waals surface area contributed by atoms with Gasteiger partial charge in [0.25, 0.3) is 0 Å². The maximum Gasteiger partial charge on any atom is -1.00 e. The van der Waals surface area contributed by atoms with E-state index in [9.17, 15) is 0 Å². The maximum atomic E-state index is 5.64. The van der Waals surface area contributed by atoms with E-state index in [0.717, 1.165) is 19.4 Å². The molecule has 0 N–H and O–H groups in total. The molecule has 0 aromatic heterocycles. The Balaban J connectivity index is 0.